The molecule has 1 atom stereocenters. The Hall–Kier alpha value is -1.88. The van der Waals surface area contributed by atoms with Gasteiger partial charge in [0.05, 0.1) is 0 Å². The quantitative estimate of drug-likeness (QED) is 0.764. The topological polar surface area (TPSA) is 60.9 Å². The molecule has 1 amide bonds. The number of aliphatic carboxylic acids is 1. The number of likely N-dealkylation sites (N-methyl/N-ethyl adjacent to an activating group) is 1. The number of hydrogen-bond acceptors (Lipinski definition) is 3. The monoisotopic (exact) mass is 278 g/mol. The predicted octanol–water partition coefficient (Wildman–Crippen LogP) is 1.30. The second-order valence-corrected chi connectivity index (χ2v) is 5.11. The van der Waals surface area contributed by atoms with E-state index < -0.39 is 11.9 Å². The molecule has 1 aromatic carbocycles. The van der Waals surface area contributed by atoms with Crippen LogP contribution in [-0.2, 0) is 16.1 Å². The van der Waals surface area contributed by atoms with E-state index in [2.05, 4.69) is 0 Å². The average Bonchev–Trinajstić information content (AvgIpc) is 2.42. The summed E-state index contributed by atoms with van der Waals surface area (Å²) < 4.78 is 0. The van der Waals surface area contributed by atoms with Gasteiger partial charge in [-0.05, 0) is 26.6 Å². The number of rotatable bonds is 7. The molecule has 0 saturated heterocycles. The van der Waals surface area contributed by atoms with Crippen LogP contribution in [0.5, 0.6) is 0 Å². The van der Waals surface area contributed by atoms with Gasteiger partial charge in [0, 0.05) is 19.6 Å². The van der Waals surface area contributed by atoms with Crippen molar-refractivity contribution in [2.75, 3.05) is 27.2 Å². The van der Waals surface area contributed by atoms with Crippen LogP contribution in [0.15, 0.2) is 30.3 Å². The maximum Gasteiger partial charge on any atom is 0.315 e. The summed E-state index contributed by atoms with van der Waals surface area (Å²) in [5.41, 5.74) is 0.997. The second-order valence-electron chi connectivity index (χ2n) is 5.11. The Labute approximate surface area is 119 Å². The van der Waals surface area contributed by atoms with E-state index in [1.807, 2.05) is 49.3 Å². The van der Waals surface area contributed by atoms with Gasteiger partial charge in [0.1, 0.15) is 5.92 Å². The molecule has 0 aliphatic rings. The van der Waals surface area contributed by atoms with E-state index in [9.17, 15) is 9.59 Å². The van der Waals surface area contributed by atoms with E-state index >= 15 is 0 Å². The molecule has 0 aliphatic heterocycles. The third kappa shape index (κ3) is 5.01. The molecule has 1 rings (SSSR count). The normalized spacial score (nSPS) is 12.2. The summed E-state index contributed by atoms with van der Waals surface area (Å²) in [5.74, 6) is -2.44. The zero-order valence-corrected chi connectivity index (χ0v) is 12.2. The molecule has 0 aromatic heterocycles. The molecule has 1 aromatic rings. The second kappa shape index (κ2) is 7.65. The summed E-state index contributed by atoms with van der Waals surface area (Å²) in [6.07, 6.45) is 0. The first kappa shape index (κ1) is 16.2. The number of amides is 1. The predicted molar refractivity (Wildman–Crippen MR) is 77.2 cm³/mol. The number of carboxylic acids is 1. The van der Waals surface area contributed by atoms with Crippen LogP contribution in [0.4, 0.5) is 0 Å². The van der Waals surface area contributed by atoms with Gasteiger partial charge in [-0.1, -0.05) is 30.3 Å². The highest BCUT2D eigenvalue weighted by Gasteiger charge is 2.26. The van der Waals surface area contributed by atoms with Crippen molar-refractivity contribution in [3.05, 3.63) is 35.9 Å². The average molecular weight is 278 g/mol. The van der Waals surface area contributed by atoms with Gasteiger partial charge in [0.15, 0.2) is 0 Å². The van der Waals surface area contributed by atoms with Crippen LogP contribution >= 0.6 is 0 Å². The van der Waals surface area contributed by atoms with E-state index in [4.69, 9.17) is 5.11 Å². The first-order valence-electron chi connectivity index (χ1n) is 6.62. The van der Waals surface area contributed by atoms with Crippen LogP contribution in [0.3, 0.4) is 0 Å². The Bertz CT molecular complexity index is 446. The van der Waals surface area contributed by atoms with Gasteiger partial charge in [0.2, 0.25) is 5.91 Å². The molecule has 0 spiro atoms. The third-order valence-electron chi connectivity index (χ3n) is 3.09. The Kier molecular flexibility index (Phi) is 6.18. The van der Waals surface area contributed by atoms with Crippen LogP contribution in [-0.4, -0.2) is 54.0 Å². The molecular weight excluding hydrogens is 256 g/mol. The van der Waals surface area contributed by atoms with Crippen molar-refractivity contribution in [2.45, 2.75) is 13.5 Å². The number of carbonyl (C=O) groups excluding carboxylic acids is 1. The van der Waals surface area contributed by atoms with Gasteiger partial charge < -0.3 is 14.9 Å². The van der Waals surface area contributed by atoms with Crippen molar-refractivity contribution in [2.24, 2.45) is 5.92 Å². The van der Waals surface area contributed by atoms with Gasteiger partial charge in [-0.3, -0.25) is 9.59 Å². The van der Waals surface area contributed by atoms with E-state index in [0.29, 0.717) is 19.6 Å². The Morgan fingerprint density at radius 3 is 2.25 bits per heavy atom. The van der Waals surface area contributed by atoms with Gasteiger partial charge in [-0.15, -0.1) is 0 Å². The largest absolute Gasteiger partial charge is 0.481 e. The lowest BCUT2D eigenvalue weighted by Gasteiger charge is -2.26. The highest BCUT2D eigenvalue weighted by Crippen LogP contribution is 2.09. The van der Waals surface area contributed by atoms with Crippen LogP contribution in [0.25, 0.3) is 0 Å². The van der Waals surface area contributed by atoms with Gasteiger partial charge >= 0.3 is 5.97 Å². The zero-order chi connectivity index (χ0) is 15.1. The summed E-state index contributed by atoms with van der Waals surface area (Å²) in [6.45, 7) is 3.08. The number of carbonyl (C=O) groups is 2. The molecule has 1 unspecified atom stereocenters. The molecule has 0 heterocycles. The maximum absolute atomic E-state index is 12.2. The molecule has 0 radical (unpaired) electrons. The molecule has 5 nitrogen and oxygen atoms in total. The Morgan fingerprint density at radius 2 is 1.75 bits per heavy atom. The molecule has 0 saturated carbocycles. The minimum atomic E-state index is -1.09. The fourth-order valence-corrected chi connectivity index (χ4v) is 1.77. The minimum Gasteiger partial charge on any atom is -0.481 e. The lowest BCUT2D eigenvalue weighted by Crippen LogP contribution is -2.41. The van der Waals surface area contributed by atoms with Crippen LogP contribution in [0, 0.1) is 5.92 Å². The fourth-order valence-electron chi connectivity index (χ4n) is 1.77. The zero-order valence-electron chi connectivity index (χ0n) is 12.2. The molecule has 110 valence electrons. The van der Waals surface area contributed by atoms with Crippen molar-refractivity contribution in [1.29, 1.82) is 0 Å². The molecule has 0 aliphatic carbocycles. The number of benzene rings is 1. The summed E-state index contributed by atoms with van der Waals surface area (Å²) in [6, 6.07) is 9.59. The molecular formula is C15H22N2O3. The molecule has 5 heteroatoms. The van der Waals surface area contributed by atoms with Crippen molar-refractivity contribution in [1.82, 2.24) is 9.80 Å². The summed E-state index contributed by atoms with van der Waals surface area (Å²) >= 11 is 0. The smallest absolute Gasteiger partial charge is 0.315 e. The lowest BCUT2D eigenvalue weighted by molar-refractivity contribution is -0.150. The van der Waals surface area contributed by atoms with Gasteiger partial charge in [-0.2, -0.15) is 0 Å². The van der Waals surface area contributed by atoms with Gasteiger partial charge in [-0.25, -0.2) is 0 Å². The summed E-state index contributed by atoms with van der Waals surface area (Å²) in [5, 5.41) is 8.99. The minimum absolute atomic E-state index is 0.344. The molecule has 20 heavy (non-hydrogen) atoms. The fraction of sp³-hybridized carbons (Fsp3) is 0.467. The number of nitrogens with zero attached hydrogens (tertiary/aromatic N) is 2. The Balaban J connectivity index is 2.79. The summed E-state index contributed by atoms with van der Waals surface area (Å²) in [7, 11) is 3.84. The SMILES string of the molecule is CC(C(=O)O)C(=O)N(CCN(C)C)Cc1ccccc1. The van der Waals surface area contributed by atoms with Gasteiger partial charge in [0.25, 0.3) is 0 Å². The molecule has 0 fully saturated rings. The molecule has 1 N–H and O–H groups in total. The highest BCUT2D eigenvalue weighted by atomic mass is 16.4. The van der Waals surface area contributed by atoms with Crippen molar-refractivity contribution in [3.63, 3.8) is 0 Å². The van der Waals surface area contributed by atoms with E-state index in [-0.39, 0.29) is 5.91 Å². The third-order valence-corrected chi connectivity index (χ3v) is 3.09. The first-order valence-corrected chi connectivity index (χ1v) is 6.62. The highest BCUT2D eigenvalue weighted by molar-refractivity contribution is 5.96. The lowest BCUT2D eigenvalue weighted by atomic mass is 10.1. The number of hydrogen-bond donors (Lipinski definition) is 1. The van der Waals surface area contributed by atoms with Crippen LogP contribution in [0.1, 0.15) is 12.5 Å². The van der Waals surface area contributed by atoms with Crippen molar-refractivity contribution in [3.8, 4) is 0 Å². The Morgan fingerprint density at radius 1 is 1.15 bits per heavy atom. The van der Waals surface area contributed by atoms with Crippen LogP contribution < -0.4 is 0 Å². The van der Waals surface area contributed by atoms with Crippen molar-refractivity contribution < 1.29 is 14.7 Å². The standard InChI is InChI=1S/C15H22N2O3/c1-12(15(19)20)14(18)17(10-9-16(2)3)11-13-7-5-4-6-8-13/h4-8,12H,9-11H2,1-3H3,(H,19,20). The van der Waals surface area contributed by atoms with E-state index in [0.717, 1.165) is 5.56 Å². The summed E-state index contributed by atoms with van der Waals surface area (Å²) in [4.78, 5) is 26.8. The first-order chi connectivity index (χ1) is 9.41. The maximum atomic E-state index is 12.2. The van der Waals surface area contributed by atoms with E-state index in [1.165, 1.54) is 6.92 Å². The van der Waals surface area contributed by atoms with Crippen LogP contribution in [0.2, 0.25) is 0 Å². The van der Waals surface area contributed by atoms with E-state index in [1.54, 1.807) is 4.90 Å². The molecule has 0 bridgehead atoms. The van der Waals surface area contributed by atoms with Crippen molar-refractivity contribution >= 4 is 11.9 Å². The number of carboxylic acid groups (broad SMARTS) is 1.